The molecule has 2 aromatic heterocycles. The van der Waals surface area contributed by atoms with Gasteiger partial charge in [-0.05, 0) is 71.2 Å². The van der Waals surface area contributed by atoms with Crippen molar-refractivity contribution in [3.63, 3.8) is 0 Å². The Balaban J connectivity index is 1.59. The Bertz CT molecular complexity index is 1460. The van der Waals surface area contributed by atoms with Gasteiger partial charge in [0.05, 0.1) is 12.7 Å². The topological polar surface area (TPSA) is 101 Å². The number of para-hydroxylation sites is 1. The van der Waals surface area contributed by atoms with Crippen LogP contribution in [0.4, 0.5) is 0 Å². The van der Waals surface area contributed by atoms with Crippen molar-refractivity contribution in [3.05, 3.63) is 63.2 Å². The minimum Gasteiger partial charge on any atom is -0.496 e. The maximum atomic E-state index is 13.6. The first-order valence-electron chi connectivity index (χ1n) is 12.8. The molecule has 200 valence electrons. The Hall–Kier alpha value is -2.91. The number of fused-ring (bicyclic) bond motifs is 1. The lowest BCUT2D eigenvalue weighted by Gasteiger charge is -2.35. The van der Waals surface area contributed by atoms with Crippen molar-refractivity contribution in [2.45, 2.75) is 52.5 Å². The van der Waals surface area contributed by atoms with Crippen molar-refractivity contribution in [1.29, 1.82) is 0 Å². The molecule has 1 aromatic carbocycles. The number of rotatable bonds is 9. The van der Waals surface area contributed by atoms with E-state index in [9.17, 15) is 18.0 Å². The van der Waals surface area contributed by atoms with Gasteiger partial charge in [0.1, 0.15) is 11.6 Å². The van der Waals surface area contributed by atoms with Crippen LogP contribution in [0.1, 0.15) is 59.5 Å². The second-order valence-corrected chi connectivity index (χ2v) is 12.5. The molecule has 4 rings (SSSR count). The number of H-pyrrole nitrogens is 1. The smallest absolute Gasteiger partial charge is 0.255 e. The highest BCUT2D eigenvalue weighted by Gasteiger charge is 2.30. The Morgan fingerprint density at radius 1 is 1.19 bits per heavy atom. The number of sulfone groups is 1. The number of carbonyl (C=O) groups is 1. The van der Waals surface area contributed by atoms with Gasteiger partial charge in [0.15, 0.2) is 15.6 Å². The first-order chi connectivity index (χ1) is 17.5. The summed E-state index contributed by atoms with van der Waals surface area (Å²) in [4.78, 5) is 30.9. The van der Waals surface area contributed by atoms with Crippen LogP contribution in [0.2, 0.25) is 0 Å². The lowest BCUT2D eigenvalue weighted by atomic mass is 9.90. The van der Waals surface area contributed by atoms with Crippen LogP contribution in [-0.2, 0) is 16.3 Å². The quantitative estimate of drug-likeness (QED) is 0.422. The third-order valence-corrected chi connectivity index (χ3v) is 8.46. The molecular weight excluding hydrogens is 490 g/mol. The summed E-state index contributed by atoms with van der Waals surface area (Å²) in [6, 6.07) is 9.93. The van der Waals surface area contributed by atoms with Gasteiger partial charge in [-0.1, -0.05) is 18.2 Å². The third-order valence-electron chi connectivity index (χ3n) is 7.63. The Morgan fingerprint density at radius 3 is 2.51 bits per heavy atom. The van der Waals surface area contributed by atoms with Crippen LogP contribution < -0.4 is 10.3 Å². The normalized spacial score (nSPS) is 16.2. The van der Waals surface area contributed by atoms with Crippen LogP contribution in [0.15, 0.2) is 35.1 Å². The fraction of sp³-hybridized carbons (Fsp3) is 0.500. The fourth-order valence-corrected chi connectivity index (χ4v) is 6.76. The average Bonchev–Trinajstić information content (AvgIpc) is 3.13. The number of ketones is 1. The molecule has 37 heavy (non-hydrogen) atoms. The molecule has 0 saturated carbocycles. The number of likely N-dealkylation sites (tertiary alicyclic amines) is 1. The number of aromatic amines is 1. The highest BCUT2D eigenvalue weighted by Crippen LogP contribution is 2.36. The molecule has 0 bridgehead atoms. The fourth-order valence-electron chi connectivity index (χ4n) is 5.84. The van der Waals surface area contributed by atoms with Gasteiger partial charge in [-0.3, -0.25) is 14.5 Å². The Kier molecular flexibility index (Phi) is 7.94. The number of nitrogens with zero attached hydrogens (tertiary/aromatic N) is 2. The van der Waals surface area contributed by atoms with E-state index >= 15 is 0 Å². The van der Waals surface area contributed by atoms with Crippen LogP contribution >= 0.6 is 0 Å². The van der Waals surface area contributed by atoms with E-state index in [4.69, 9.17) is 4.74 Å². The largest absolute Gasteiger partial charge is 0.496 e. The molecule has 8 nitrogen and oxygen atoms in total. The average molecular weight is 528 g/mol. The molecule has 0 aliphatic carbocycles. The number of hydrogen-bond acceptors (Lipinski definition) is 6. The summed E-state index contributed by atoms with van der Waals surface area (Å²) in [6.07, 6.45) is 3.59. The molecule has 9 heteroatoms. The summed E-state index contributed by atoms with van der Waals surface area (Å²) in [5, 5.41) is 0.927. The molecule has 3 heterocycles. The van der Waals surface area contributed by atoms with Gasteiger partial charge in [0.2, 0.25) is 0 Å². The van der Waals surface area contributed by atoms with Gasteiger partial charge < -0.3 is 14.3 Å². The SMILES string of the molecule is COc1cc(C)[nH]c(=O)c1CCC(=O)c1c(C)n([C@H](C)C2CCN(CS(C)(=O)=O)CC2)c2ccccc12. The second-order valence-electron chi connectivity index (χ2n) is 10.4. The zero-order chi connectivity index (χ0) is 26.9. The van der Waals surface area contributed by atoms with E-state index in [1.807, 2.05) is 30.0 Å². The van der Waals surface area contributed by atoms with Gasteiger partial charge >= 0.3 is 0 Å². The molecule has 1 fully saturated rings. The van der Waals surface area contributed by atoms with E-state index in [-0.39, 0.29) is 29.7 Å². The molecule has 1 aliphatic rings. The van der Waals surface area contributed by atoms with Crippen LogP contribution in [0.25, 0.3) is 10.9 Å². The summed E-state index contributed by atoms with van der Waals surface area (Å²) in [6.45, 7) is 7.49. The number of pyridine rings is 1. The Labute approximate surface area is 218 Å². The first kappa shape index (κ1) is 27.1. The second kappa shape index (κ2) is 10.8. The summed E-state index contributed by atoms with van der Waals surface area (Å²) in [5.74, 6) is 0.990. The van der Waals surface area contributed by atoms with Gasteiger partial charge in [-0.15, -0.1) is 0 Å². The highest BCUT2D eigenvalue weighted by atomic mass is 32.2. The lowest BCUT2D eigenvalue weighted by molar-refractivity contribution is 0.0983. The van der Waals surface area contributed by atoms with Crippen LogP contribution in [-0.4, -0.2) is 61.0 Å². The van der Waals surface area contributed by atoms with E-state index in [0.717, 1.165) is 42.5 Å². The molecule has 1 aliphatic heterocycles. The van der Waals surface area contributed by atoms with Crippen molar-refractivity contribution in [1.82, 2.24) is 14.5 Å². The molecule has 0 spiro atoms. The highest BCUT2D eigenvalue weighted by molar-refractivity contribution is 7.90. The molecular formula is C28H37N3O5S. The number of carbonyl (C=O) groups excluding carboxylic acids is 1. The van der Waals surface area contributed by atoms with Crippen molar-refractivity contribution in [2.24, 2.45) is 5.92 Å². The molecule has 1 atom stereocenters. The zero-order valence-electron chi connectivity index (χ0n) is 22.3. The number of ether oxygens (including phenoxy) is 1. The molecule has 3 aromatic rings. The third kappa shape index (κ3) is 5.83. The molecule has 0 radical (unpaired) electrons. The van der Waals surface area contributed by atoms with Crippen molar-refractivity contribution in [3.8, 4) is 5.75 Å². The van der Waals surface area contributed by atoms with Crippen molar-refractivity contribution >= 4 is 26.5 Å². The van der Waals surface area contributed by atoms with Gasteiger partial charge in [0.25, 0.3) is 5.56 Å². The number of hydrogen-bond donors (Lipinski definition) is 1. The predicted octanol–water partition coefficient (Wildman–Crippen LogP) is 4.05. The van der Waals surface area contributed by atoms with Crippen molar-refractivity contribution in [2.75, 3.05) is 32.3 Å². The van der Waals surface area contributed by atoms with Gasteiger partial charge in [0, 0.05) is 46.6 Å². The molecule has 1 N–H and O–H groups in total. The van der Waals surface area contributed by atoms with Crippen LogP contribution in [0.3, 0.4) is 0 Å². The standard InChI is InChI=1S/C28H37N3O5S/c1-18-16-26(36-4)23(28(33)29-18)10-11-25(32)27-20(3)31(24-9-7-6-8-22(24)27)19(2)21-12-14-30(15-13-21)17-37(5,34)35/h6-9,16,19,21H,10-15,17H2,1-5H3,(H,29,33)/t19-/m1/s1. The summed E-state index contributed by atoms with van der Waals surface area (Å²) >= 11 is 0. The lowest BCUT2D eigenvalue weighted by Crippen LogP contribution is -2.39. The van der Waals surface area contributed by atoms with E-state index in [1.165, 1.54) is 13.4 Å². The number of aryl methyl sites for hydroxylation is 1. The minimum absolute atomic E-state index is 0.00431. The maximum absolute atomic E-state index is 13.6. The molecule has 0 amide bonds. The van der Waals surface area contributed by atoms with E-state index < -0.39 is 9.84 Å². The number of aromatic nitrogens is 2. The number of Topliss-reactive ketones (excluding diaryl/α,β-unsaturated/α-hetero) is 1. The molecule has 0 unspecified atom stereocenters. The minimum atomic E-state index is -3.04. The Morgan fingerprint density at radius 2 is 1.86 bits per heavy atom. The number of benzene rings is 1. The van der Waals surface area contributed by atoms with Crippen molar-refractivity contribution < 1.29 is 17.9 Å². The van der Waals surface area contributed by atoms with Crippen LogP contribution in [0, 0.1) is 19.8 Å². The van der Waals surface area contributed by atoms with E-state index in [2.05, 4.69) is 22.5 Å². The number of piperidine rings is 1. The summed E-state index contributed by atoms with van der Waals surface area (Å²) in [7, 11) is -1.50. The van der Waals surface area contributed by atoms with Crippen LogP contribution in [0.5, 0.6) is 5.75 Å². The van der Waals surface area contributed by atoms with Gasteiger partial charge in [-0.2, -0.15) is 0 Å². The summed E-state index contributed by atoms with van der Waals surface area (Å²) in [5.41, 5.74) is 3.64. The van der Waals surface area contributed by atoms with E-state index in [0.29, 0.717) is 34.9 Å². The van der Waals surface area contributed by atoms with Gasteiger partial charge in [-0.25, -0.2) is 8.42 Å². The monoisotopic (exact) mass is 527 g/mol. The predicted molar refractivity (Wildman–Crippen MR) is 146 cm³/mol. The zero-order valence-corrected chi connectivity index (χ0v) is 23.2. The molecule has 1 saturated heterocycles. The first-order valence-corrected chi connectivity index (χ1v) is 14.9. The number of methoxy groups -OCH3 is 1. The maximum Gasteiger partial charge on any atom is 0.255 e. The summed E-state index contributed by atoms with van der Waals surface area (Å²) < 4.78 is 31.1. The van der Waals surface area contributed by atoms with E-state index in [1.54, 1.807) is 13.0 Å². The number of nitrogens with one attached hydrogen (secondary N) is 1.